The van der Waals surface area contributed by atoms with Gasteiger partial charge in [0.05, 0.1) is 0 Å². The number of carbonyl (C=O) groups excluding carboxylic acids is 2. The number of hydrogen-bond donors (Lipinski definition) is 1. The Labute approximate surface area is 163 Å². The minimum atomic E-state index is -0.552. The first-order valence-electron chi connectivity index (χ1n) is 9.22. The predicted octanol–water partition coefficient (Wildman–Crippen LogP) is 3.27. The fourth-order valence-electron chi connectivity index (χ4n) is 3.10. The molecule has 2 aromatic rings. The lowest BCUT2D eigenvalue weighted by molar-refractivity contribution is 0.0112. The Balaban J connectivity index is 1.63. The molecule has 0 spiro atoms. The molecule has 8 heteroatoms. The van der Waals surface area contributed by atoms with Gasteiger partial charge in [0.2, 0.25) is 0 Å². The summed E-state index contributed by atoms with van der Waals surface area (Å²) in [5.74, 6) is 0. The molecule has 1 aromatic heterocycles. The van der Waals surface area contributed by atoms with Gasteiger partial charge in [0.25, 0.3) is 0 Å². The zero-order chi connectivity index (χ0) is 20.5. The van der Waals surface area contributed by atoms with E-state index in [1.807, 2.05) is 27.7 Å². The van der Waals surface area contributed by atoms with Gasteiger partial charge in [0.15, 0.2) is 0 Å². The molecule has 3 rings (SSSR count). The van der Waals surface area contributed by atoms with E-state index in [1.165, 1.54) is 6.07 Å². The van der Waals surface area contributed by atoms with Crippen molar-refractivity contribution in [3.63, 3.8) is 0 Å². The first-order valence-corrected chi connectivity index (χ1v) is 9.22. The highest BCUT2D eigenvalue weighted by Gasteiger charge is 2.32. The second-order valence-corrected chi connectivity index (χ2v) is 7.91. The third-order valence-electron chi connectivity index (χ3n) is 4.41. The number of amides is 3. The third kappa shape index (κ3) is 4.62. The number of piperazine rings is 1. The van der Waals surface area contributed by atoms with Gasteiger partial charge < -0.3 is 24.3 Å². The number of anilines is 1. The number of nitrogens with zero attached hydrogens (tertiary/aromatic N) is 2. The Kier molecular flexibility index (Phi) is 5.31. The van der Waals surface area contributed by atoms with Crippen molar-refractivity contribution < 1.29 is 18.7 Å². The van der Waals surface area contributed by atoms with E-state index in [9.17, 15) is 14.4 Å². The van der Waals surface area contributed by atoms with Gasteiger partial charge in [-0.1, -0.05) is 0 Å². The lowest BCUT2D eigenvalue weighted by Gasteiger charge is -2.40. The Bertz CT molecular complexity index is 947. The van der Waals surface area contributed by atoms with Crippen LogP contribution in [0.5, 0.6) is 0 Å². The number of carbonyl (C=O) groups is 2. The van der Waals surface area contributed by atoms with E-state index in [-0.39, 0.29) is 18.2 Å². The van der Waals surface area contributed by atoms with Crippen molar-refractivity contribution in [2.24, 2.45) is 0 Å². The van der Waals surface area contributed by atoms with Crippen LogP contribution in [0.25, 0.3) is 11.0 Å². The molecule has 0 bridgehead atoms. The van der Waals surface area contributed by atoms with Crippen molar-refractivity contribution in [1.29, 1.82) is 0 Å². The summed E-state index contributed by atoms with van der Waals surface area (Å²) < 4.78 is 10.5. The average Bonchev–Trinajstić information content (AvgIpc) is 2.60. The number of rotatable bonds is 1. The smallest absolute Gasteiger partial charge is 0.410 e. The molecule has 3 amide bonds. The lowest BCUT2D eigenvalue weighted by atomic mass is 10.2. The molecule has 1 aromatic carbocycles. The van der Waals surface area contributed by atoms with Gasteiger partial charge in [-0.25, -0.2) is 14.4 Å². The Morgan fingerprint density at radius 3 is 2.61 bits per heavy atom. The number of fused-ring (bicyclic) bond motifs is 1. The molecule has 1 saturated heterocycles. The Morgan fingerprint density at radius 1 is 1.18 bits per heavy atom. The maximum Gasteiger partial charge on any atom is 0.410 e. The molecule has 1 aliphatic heterocycles. The van der Waals surface area contributed by atoms with Crippen LogP contribution in [0.4, 0.5) is 15.3 Å². The summed E-state index contributed by atoms with van der Waals surface area (Å²) in [6, 6.07) is 7.68. The zero-order valence-corrected chi connectivity index (χ0v) is 16.5. The van der Waals surface area contributed by atoms with Gasteiger partial charge >= 0.3 is 17.7 Å². The highest BCUT2D eigenvalue weighted by atomic mass is 16.6. The Morgan fingerprint density at radius 2 is 1.93 bits per heavy atom. The number of hydrogen-bond acceptors (Lipinski definition) is 5. The van der Waals surface area contributed by atoms with Crippen molar-refractivity contribution in [3.8, 4) is 0 Å². The van der Waals surface area contributed by atoms with Crippen molar-refractivity contribution >= 4 is 28.8 Å². The average molecular weight is 387 g/mol. The fourth-order valence-corrected chi connectivity index (χ4v) is 3.10. The quantitative estimate of drug-likeness (QED) is 0.758. The van der Waals surface area contributed by atoms with Crippen molar-refractivity contribution in [3.05, 3.63) is 40.8 Å². The van der Waals surface area contributed by atoms with E-state index in [2.05, 4.69) is 5.32 Å². The number of nitrogens with one attached hydrogen (secondary N) is 1. The van der Waals surface area contributed by atoms with Gasteiger partial charge in [0.1, 0.15) is 11.2 Å². The molecule has 1 atom stereocenters. The summed E-state index contributed by atoms with van der Waals surface area (Å²) in [7, 11) is 0. The largest absolute Gasteiger partial charge is 0.444 e. The molecule has 8 nitrogen and oxygen atoms in total. The molecular formula is C20H25N3O5. The van der Waals surface area contributed by atoms with Crippen LogP contribution in [0.1, 0.15) is 27.7 Å². The van der Waals surface area contributed by atoms with Crippen molar-refractivity contribution in [1.82, 2.24) is 9.80 Å². The summed E-state index contributed by atoms with van der Waals surface area (Å²) in [4.78, 5) is 39.5. The van der Waals surface area contributed by atoms with Gasteiger partial charge in [-0.2, -0.15) is 0 Å². The van der Waals surface area contributed by atoms with Crippen LogP contribution in [0.3, 0.4) is 0 Å². The van der Waals surface area contributed by atoms with E-state index >= 15 is 0 Å². The van der Waals surface area contributed by atoms with Gasteiger partial charge in [-0.3, -0.25) is 0 Å². The maximum absolute atomic E-state index is 12.7. The van der Waals surface area contributed by atoms with Crippen LogP contribution in [-0.2, 0) is 4.74 Å². The predicted molar refractivity (Wildman–Crippen MR) is 105 cm³/mol. The highest BCUT2D eigenvalue weighted by Crippen LogP contribution is 2.20. The molecular weight excluding hydrogens is 362 g/mol. The normalized spacial score (nSPS) is 17.5. The Hall–Kier alpha value is -3.03. The molecule has 0 aliphatic carbocycles. The molecule has 2 heterocycles. The summed E-state index contributed by atoms with van der Waals surface area (Å²) in [6.45, 7) is 8.60. The first-order chi connectivity index (χ1) is 13.1. The van der Waals surface area contributed by atoms with Gasteiger partial charge in [0, 0.05) is 42.8 Å². The SMILES string of the molecule is C[C@@H]1CN(C(=O)OC(C)(C)C)CCN1C(=O)Nc1ccc2oc(=O)ccc2c1. The van der Waals surface area contributed by atoms with Crippen LogP contribution in [0.15, 0.2) is 39.5 Å². The fraction of sp³-hybridized carbons (Fsp3) is 0.450. The zero-order valence-electron chi connectivity index (χ0n) is 16.5. The molecule has 28 heavy (non-hydrogen) atoms. The monoisotopic (exact) mass is 387 g/mol. The summed E-state index contributed by atoms with van der Waals surface area (Å²) in [5.41, 5.74) is 0.100. The van der Waals surface area contributed by atoms with Crippen LogP contribution in [0, 0.1) is 0 Å². The third-order valence-corrected chi connectivity index (χ3v) is 4.41. The number of benzene rings is 1. The molecule has 0 radical (unpaired) electrons. The first kappa shape index (κ1) is 19.7. The molecule has 1 aliphatic rings. The van der Waals surface area contributed by atoms with E-state index in [1.54, 1.807) is 34.1 Å². The van der Waals surface area contributed by atoms with E-state index in [4.69, 9.17) is 9.15 Å². The number of urea groups is 1. The summed E-state index contributed by atoms with van der Waals surface area (Å²) in [5, 5.41) is 3.59. The summed E-state index contributed by atoms with van der Waals surface area (Å²) >= 11 is 0. The molecule has 1 N–H and O–H groups in total. The minimum absolute atomic E-state index is 0.153. The van der Waals surface area contributed by atoms with E-state index < -0.39 is 11.2 Å². The maximum atomic E-state index is 12.7. The van der Waals surface area contributed by atoms with Gasteiger partial charge in [-0.05, 0) is 52.0 Å². The van der Waals surface area contributed by atoms with Gasteiger partial charge in [-0.15, -0.1) is 0 Å². The highest BCUT2D eigenvalue weighted by molar-refractivity contribution is 5.92. The second kappa shape index (κ2) is 7.53. The van der Waals surface area contributed by atoms with Crippen molar-refractivity contribution in [2.75, 3.05) is 25.0 Å². The van der Waals surface area contributed by atoms with Crippen LogP contribution in [-0.4, -0.2) is 53.2 Å². The minimum Gasteiger partial charge on any atom is -0.444 e. The standard InChI is InChI=1S/C20H25N3O5/c1-13-12-22(19(26)28-20(2,3)4)9-10-23(13)18(25)21-15-6-7-16-14(11-15)5-8-17(24)27-16/h5-8,11,13H,9-10,12H2,1-4H3,(H,21,25)/t13-/m1/s1. The van der Waals surface area contributed by atoms with Crippen LogP contribution < -0.4 is 10.9 Å². The topological polar surface area (TPSA) is 92.1 Å². The molecule has 0 saturated carbocycles. The van der Waals surface area contributed by atoms with Crippen LogP contribution in [0.2, 0.25) is 0 Å². The van der Waals surface area contributed by atoms with E-state index in [0.717, 1.165) is 5.39 Å². The molecule has 0 unspecified atom stereocenters. The van der Waals surface area contributed by atoms with Crippen LogP contribution >= 0.6 is 0 Å². The number of ether oxygens (including phenoxy) is 1. The van der Waals surface area contributed by atoms with Crippen molar-refractivity contribution in [2.45, 2.75) is 39.3 Å². The second-order valence-electron chi connectivity index (χ2n) is 7.91. The summed E-state index contributed by atoms with van der Waals surface area (Å²) in [6.07, 6.45) is -0.365. The van der Waals surface area contributed by atoms with E-state index in [0.29, 0.717) is 30.9 Å². The lowest BCUT2D eigenvalue weighted by Crippen LogP contribution is -2.57. The molecule has 150 valence electrons. The molecule has 1 fully saturated rings.